The fourth-order valence-electron chi connectivity index (χ4n) is 2.17. The van der Waals surface area contributed by atoms with E-state index in [0.717, 1.165) is 29.2 Å². The lowest BCUT2D eigenvalue weighted by molar-refractivity contribution is -0.189. The molecular formula is C16H20N2O9. The topological polar surface area (TPSA) is 132 Å². The van der Waals surface area contributed by atoms with Crippen molar-refractivity contribution in [3.05, 3.63) is 24.3 Å². The van der Waals surface area contributed by atoms with Gasteiger partial charge in [0.15, 0.2) is 6.23 Å². The van der Waals surface area contributed by atoms with Crippen LogP contribution in [0.5, 0.6) is 0 Å². The van der Waals surface area contributed by atoms with Crippen LogP contribution in [0.2, 0.25) is 0 Å². The number of ether oxygens (including phenoxy) is 3. The Morgan fingerprint density at radius 1 is 0.741 bits per heavy atom. The molecule has 1 N–H and O–H groups in total. The van der Waals surface area contributed by atoms with Crippen LogP contribution in [0.15, 0.2) is 24.3 Å². The lowest BCUT2D eigenvalue weighted by atomic mass is 10.4. The van der Waals surface area contributed by atoms with Crippen molar-refractivity contribution in [3.8, 4) is 0 Å². The van der Waals surface area contributed by atoms with Gasteiger partial charge in [-0.05, 0) is 0 Å². The van der Waals surface area contributed by atoms with Gasteiger partial charge in [0.25, 0.3) is 23.6 Å². The highest BCUT2D eigenvalue weighted by atomic mass is 16.7. The molecule has 11 heteroatoms. The minimum Gasteiger partial charge on any atom is -0.392 e. The van der Waals surface area contributed by atoms with Crippen molar-refractivity contribution in [2.45, 2.75) is 6.23 Å². The third kappa shape index (κ3) is 6.05. The monoisotopic (exact) mass is 384 g/mol. The van der Waals surface area contributed by atoms with Crippen molar-refractivity contribution in [3.63, 3.8) is 0 Å². The van der Waals surface area contributed by atoms with Crippen LogP contribution in [0.25, 0.3) is 0 Å². The number of carbonyl (C=O) groups is 4. The quantitative estimate of drug-likeness (QED) is 0.287. The van der Waals surface area contributed by atoms with Crippen LogP contribution in [-0.4, -0.2) is 91.2 Å². The second-order valence-corrected chi connectivity index (χ2v) is 5.25. The Hall–Kier alpha value is -2.44. The van der Waals surface area contributed by atoms with E-state index in [4.69, 9.17) is 19.0 Å². The first-order valence-electron chi connectivity index (χ1n) is 8.17. The SMILES string of the molecule is O=C1C=CC(=O)N1OCCOCCOCCOC(CO)N1C(=O)C=CC1=O. The zero-order valence-corrected chi connectivity index (χ0v) is 14.4. The van der Waals surface area contributed by atoms with Crippen molar-refractivity contribution in [1.82, 2.24) is 9.96 Å². The van der Waals surface area contributed by atoms with Gasteiger partial charge < -0.3 is 19.3 Å². The highest BCUT2D eigenvalue weighted by Gasteiger charge is 2.31. The molecule has 0 fully saturated rings. The van der Waals surface area contributed by atoms with Gasteiger partial charge in [-0.1, -0.05) is 0 Å². The maximum Gasteiger partial charge on any atom is 0.277 e. The Bertz CT molecular complexity index is 595. The number of imide groups is 2. The van der Waals surface area contributed by atoms with Crippen LogP contribution < -0.4 is 0 Å². The molecule has 0 spiro atoms. The Morgan fingerprint density at radius 2 is 1.22 bits per heavy atom. The maximum atomic E-state index is 11.5. The summed E-state index contributed by atoms with van der Waals surface area (Å²) in [7, 11) is 0. The predicted molar refractivity (Wildman–Crippen MR) is 86.4 cm³/mol. The fourth-order valence-corrected chi connectivity index (χ4v) is 2.17. The lowest BCUT2D eigenvalue weighted by Gasteiger charge is -2.24. The van der Waals surface area contributed by atoms with Gasteiger partial charge in [-0.25, -0.2) is 4.90 Å². The first-order chi connectivity index (χ1) is 13.0. The number of hydrogen-bond donors (Lipinski definition) is 1. The molecule has 0 aromatic heterocycles. The molecule has 2 aliphatic rings. The van der Waals surface area contributed by atoms with Crippen LogP contribution in [-0.2, 0) is 38.2 Å². The summed E-state index contributed by atoms with van der Waals surface area (Å²) >= 11 is 0. The van der Waals surface area contributed by atoms with Crippen molar-refractivity contribution < 1.29 is 43.3 Å². The second kappa shape index (κ2) is 10.6. The van der Waals surface area contributed by atoms with Gasteiger partial charge in [0, 0.05) is 24.3 Å². The van der Waals surface area contributed by atoms with E-state index in [-0.39, 0.29) is 39.6 Å². The molecule has 0 saturated carbocycles. The molecule has 4 amide bonds. The third-order valence-corrected chi connectivity index (χ3v) is 3.41. The zero-order valence-electron chi connectivity index (χ0n) is 14.4. The summed E-state index contributed by atoms with van der Waals surface area (Å²) in [6.07, 6.45) is 3.40. The van der Waals surface area contributed by atoms with Crippen molar-refractivity contribution in [2.24, 2.45) is 0 Å². The van der Waals surface area contributed by atoms with E-state index in [2.05, 4.69) is 0 Å². The largest absolute Gasteiger partial charge is 0.392 e. The minimum absolute atomic E-state index is 0.0341. The van der Waals surface area contributed by atoms with Gasteiger partial charge in [0.2, 0.25) is 0 Å². The molecule has 0 aliphatic carbocycles. The highest BCUT2D eigenvalue weighted by Crippen LogP contribution is 2.10. The van der Waals surface area contributed by atoms with Gasteiger partial charge in [-0.3, -0.25) is 24.0 Å². The molecule has 0 bridgehead atoms. The van der Waals surface area contributed by atoms with Gasteiger partial charge in [-0.2, -0.15) is 0 Å². The van der Waals surface area contributed by atoms with Crippen molar-refractivity contribution in [2.75, 3.05) is 46.2 Å². The second-order valence-electron chi connectivity index (χ2n) is 5.25. The molecule has 0 saturated heterocycles. The van der Waals surface area contributed by atoms with Crippen LogP contribution in [0.4, 0.5) is 0 Å². The fraction of sp³-hybridized carbons (Fsp3) is 0.500. The van der Waals surface area contributed by atoms with Crippen LogP contribution in [0.3, 0.4) is 0 Å². The molecule has 148 valence electrons. The third-order valence-electron chi connectivity index (χ3n) is 3.41. The number of carbonyl (C=O) groups excluding carboxylic acids is 4. The molecule has 2 rings (SSSR count). The molecule has 0 aromatic rings. The van der Waals surface area contributed by atoms with E-state index in [1.165, 1.54) is 0 Å². The van der Waals surface area contributed by atoms with Crippen LogP contribution in [0, 0.1) is 0 Å². The average molecular weight is 384 g/mol. The van der Waals surface area contributed by atoms with Crippen LogP contribution in [0.1, 0.15) is 0 Å². The van der Waals surface area contributed by atoms with E-state index < -0.39 is 36.5 Å². The Kier molecular flexibility index (Phi) is 8.23. The van der Waals surface area contributed by atoms with Gasteiger partial charge >= 0.3 is 0 Å². The summed E-state index contributed by atoms with van der Waals surface area (Å²) < 4.78 is 15.7. The Balaban J connectivity index is 1.45. The molecule has 2 heterocycles. The Morgan fingerprint density at radius 3 is 1.78 bits per heavy atom. The summed E-state index contributed by atoms with van der Waals surface area (Å²) in [6.45, 7) is 0.418. The number of aliphatic hydroxyl groups excluding tert-OH is 1. The van der Waals surface area contributed by atoms with Gasteiger partial charge in [0.05, 0.1) is 46.2 Å². The molecule has 1 unspecified atom stereocenters. The van der Waals surface area contributed by atoms with Gasteiger partial charge in [0.1, 0.15) is 0 Å². The van der Waals surface area contributed by atoms with Crippen molar-refractivity contribution in [1.29, 1.82) is 0 Å². The van der Waals surface area contributed by atoms with Gasteiger partial charge in [-0.15, -0.1) is 5.06 Å². The summed E-state index contributed by atoms with van der Waals surface area (Å²) in [5.74, 6) is -2.14. The van der Waals surface area contributed by atoms with Crippen LogP contribution >= 0.6 is 0 Å². The number of hydroxylamine groups is 2. The Labute approximate surface area is 154 Å². The molecule has 27 heavy (non-hydrogen) atoms. The standard InChI is InChI=1S/C16H20N2O9/c19-11-16(17-12(20)1-2-13(17)21)26-9-7-24-5-6-25-8-10-27-18-14(22)3-4-15(18)23/h1-4,16,19H,5-11H2. The first kappa shape index (κ1) is 20.9. The van der Waals surface area contributed by atoms with E-state index >= 15 is 0 Å². The van der Waals surface area contributed by atoms with E-state index in [1.54, 1.807) is 0 Å². The normalized spacial score (nSPS) is 17.7. The predicted octanol–water partition coefficient (Wildman–Crippen LogP) is -1.86. The first-order valence-corrected chi connectivity index (χ1v) is 8.17. The summed E-state index contributed by atoms with van der Waals surface area (Å²) in [5.41, 5.74) is 0. The van der Waals surface area contributed by atoms with E-state index in [0.29, 0.717) is 5.06 Å². The average Bonchev–Trinajstić information content (AvgIpc) is 3.15. The van der Waals surface area contributed by atoms with Crippen molar-refractivity contribution >= 4 is 23.6 Å². The maximum absolute atomic E-state index is 11.5. The summed E-state index contributed by atoms with van der Waals surface area (Å²) in [6, 6.07) is 0. The number of hydrogen-bond acceptors (Lipinski definition) is 9. The molecule has 1 atom stereocenters. The summed E-state index contributed by atoms with van der Waals surface area (Å²) in [5, 5.41) is 9.89. The number of rotatable bonds is 13. The molecule has 2 aliphatic heterocycles. The van der Waals surface area contributed by atoms with E-state index in [1.807, 2.05) is 0 Å². The minimum atomic E-state index is -1.05. The molecule has 0 aromatic carbocycles. The lowest BCUT2D eigenvalue weighted by Crippen LogP contribution is -2.44. The smallest absolute Gasteiger partial charge is 0.277 e. The molecule has 11 nitrogen and oxygen atoms in total. The molecule has 0 radical (unpaired) electrons. The van der Waals surface area contributed by atoms with E-state index in [9.17, 15) is 24.3 Å². The summed E-state index contributed by atoms with van der Waals surface area (Å²) in [4.78, 5) is 51.2. The zero-order chi connectivity index (χ0) is 19.6. The number of aliphatic hydroxyl groups is 1. The molecular weight excluding hydrogens is 364 g/mol. The number of nitrogens with zero attached hydrogens (tertiary/aromatic N) is 2. The number of amides is 4. The highest BCUT2D eigenvalue weighted by molar-refractivity contribution is 6.13.